The highest BCUT2D eigenvalue weighted by atomic mass is 32.2. The molecule has 1 aliphatic rings. The Morgan fingerprint density at radius 1 is 1.00 bits per heavy atom. The third-order valence-corrected chi connectivity index (χ3v) is 9.42. The summed E-state index contributed by atoms with van der Waals surface area (Å²) >= 11 is 0.933. The second-order valence-electron chi connectivity index (χ2n) is 9.82. The number of aliphatic carboxylic acids is 1. The van der Waals surface area contributed by atoms with Gasteiger partial charge in [0.15, 0.2) is 9.84 Å². The Balaban J connectivity index is 1.54. The van der Waals surface area contributed by atoms with Gasteiger partial charge in [-0.25, -0.2) is 18.0 Å². The van der Waals surface area contributed by atoms with Crippen molar-refractivity contribution in [2.45, 2.75) is 42.4 Å². The second-order valence-corrected chi connectivity index (χ2v) is 13.1. The molecule has 13 heteroatoms. The molecular weight excluding hydrogens is 588 g/mol. The Hall–Kier alpha value is -4.10. The van der Waals surface area contributed by atoms with E-state index in [1.165, 1.54) is 34.7 Å². The fourth-order valence-electron chi connectivity index (χ4n) is 4.31. The quantitative estimate of drug-likeness (QED) is 0.264. The number of nitrogens with one attached hydrogen (secondary N) is 2. The van der Waals surface area contributed by atoms with Crippen molar-refractivity contribution in [3.8, 4) is 0 Å². The lowest BCUT2D eigenvalue weighted by Gasteiger charge is -2.24. The van der Waals surface area contributed by atoms with E-state index in [-0.39, 0.29) is 16.3 Å². The van der Waals surface area contributed by atoms with Crippen molar-refractivity contribution in [2.75, 3.05) is 23.0 Å². The summed E-state index contributed by atoms with van der Waals surface area (Å²) < 4.78 is 50.5. The van der Waals surface area contributed by atoms with Crippen molar-refractivity contribution >= 4 is 55.3 Å². The van der Waals surface area contributed by atoms with Crippen LogP contribution in [0.4, 0.5) is 24.3 Å². The molecule has 9 nitrogen and oxygen atoms in total. The lowest BCUT2D eigenvalue weighted by Crippen LogP contribution is -2.42. The van der Waals surface area contributed by atoms with Gasteiger partial charge in [0.2, 0.25) is 0 Å². The van der Waals surface area contributed by atoms with Crippen molar-refractivity contribution in [1.29, 1.82) is 0 Å². The van der Waals surface area contributed by atoms with Crippen LogP contribution < -0.4 is 15.5 Å². The van der Waals surface area contributed by atoms with Gasteiger partial charge in [-0.05, 0) is 78.8 Å². The van der Waals surface area contributed by atoms with Crippen LogP contribution in [0, 0.1) is 0 Å². The summed E-state index contributed by atoms with van der Waals surface area (Å²) in [4.78, 5) is 37.7. The Kier molecular flexibility index (Phi) is 9.42. The number of carboxylic acid groups (broad SMARTS) is 1. The number of nitrogens with zero attached hydrogens (tertiary/aromatic N) is 1. The molecule has 1 aliphatic carbocycles. The number of allylic oxidation sites excluding steroid dienone is 2. The number of hydrogen-bond acceptors (Lipinski definition) is 6. The number of urea groups is 1. The molecule has 3 aromatic rings. The molecule has 0 saturated heterocycles. The van der Waals surface area contributed by atoms with Crippen LogP contribution >= 0.6 is 11.3 Å². The van der Waals surface area contributed by atoms with Crippen LogP contribution in [0.5, 0.6) is 0 Å². The standard InChI is InChI=1S/C29H29F2N3O6S2/c1-42(39,40)25-16-15-24(41-25)33-28(38)34(23-13-11-21(12-14-23)20-5-3-2-4-6-20)17-19-7-9-22(10-8-19)26(35)32-18-29(30,31)27(36)37/h5,7-16H,2-4,6,17-18H2,1H3,(H,32,35)(H,33,38)(H,36,37). The molecule has 1 heterocycles. The number of carboxylic acids is 1. The van der Waals surface area contributed by atoms with Gasteiger partial charge in [0.05, 0.1) is 18.1 Å². The zero-order valence-electron chi connectivity index (χ0n) is 22.6. The van der Waals surface area contributed by atoms with Gasteiger partial charge in [0.25, 0.3) is 5.91 Å². The van der Waals surface area contributed by atoms with Gasteiger partial charge >= 0.3 is 17.9 Å². The highest BCUT2D eigenvalue weighted by Gasteiger charge is 2.39. The molecule has 222 valence electrons. The molecule has 1 aromatic heterocycles. The maximum atomic E-state index is 13.4. The van der Waals surface area contributed by atoms with Gasteiger partial charge in [-0.1, -0.05) is 30.3 Å². The number of amides is 3. The summed E-state index contributed by atoms with van der Waals surface area (Å²) in [7, 11) is -3.44. The first kappa shape index (κ1) is 30.8. The highest BCUT2D eigenvalue weighted by Crippen LogP contribution is 2.30. The summed E-state index contributed by atoms with van der Waals surface area (Å²) in [5.74, 6) is -7.31. The number of carbonyl (C=O) groups excluding carboxylic acids is 2. The average molecular weight is 618 g/mol. The molecule has 0 saturated carbocycles. The molecule has 4 rings (SSSR count). The smallest absolute Gasteiger partial charge is 0.376 e. The number of anilines is 2. The normalized spacial score (nSPS) is 13.6. The number of rotatable bonds is 10. The predicted octanol–water partition coefficient (Wildman–Crippen LogP) is 5.80. The van der Waals surface area contributed by atoms with E-state index in [1.807, 2.05) is 29.6 Å². The number of benzene rings is 2. The van der Waals surface area contributed by atoms with E-state index in [0.29, 0.717) is 16.3 Å². The zero-order valence-corrected chi connectivity index (χ0v) is 24.2. The van der Waals surface area contributed by atoms with Gasteiger partial charge in [-0.3, -0.25) is 15.0 Å². The molecule has 0 aliphatic heterocycles. The molecule has 0 fully saturated rings. The summed E-state index contributed by atoms with van der Waals surface area (Å²) in [6, 6.07) is 15.8. The monoisotopic (exact) mass is 617 g/mol. The zero-order chi connectivity index (χ0) is 30.5. The Bertz CT molecular complexity index is 1600. The molecule has 3 amide bonds. The topological polar surface area (TPSA) is 133 Å². The summed E-state index contributed by atoms with van der Waals surface area (Å²) in [6.07, 6.45) is 7.60. The van der Waals surface area contributed by atoms with Crippen LogP contribution in [0.15, 0.2) is 70.9 Å². The van der Waals surface area contributed by atoms with Crippen LogP contribution in [0.3, 0.4) is 0 Å². The SMILES string of the molecule is CS(=O)(=O)c1ccc(NC(=O)N(Cc2ccc(C(=O)NCC(F)(F)C(=O)O)cc2)c2ccc(C3=CCCCC3)cc2)s1. The van der Waals surface area contributed by atoms with Gasteiger partial charge in [0, 0.05) is 17.5 Å². The van der Waals surface area contributed by atoms with Crippen LogP contribution in [0.2, 0.25) is 0 Å². The van der Waals surface area contributed by atoms with Crippen molar-refractivity contribution in [3.05, 3.63) is 83.4 Å². The number of alkyl halides is 2. The van der Waals surface area contributed by atoms with Crippen LogP contribution in [-0.2, 0) is 21.2 Å². The molecule has 3 N–H and O–H groups in total. The van der Waals surface area contributed by atoms with Crippen molar-refractivity contribution in [3.63, 3.8) is 0 Å². The van der Waals surface area contributed by atoms with E-state index in [4.69, 9.17) is 5.11 Å². The summed E-state index contributed by atoms with van der Waals surface area (Å²) in [6.45, 7) is -1.29. The average Bonchev–Trinajstić information content (AvgIpc) is 3.45. The second kappa shape index (κ2) is 12.8. The van der Waals surface area contributed by atoms with Crippen LogP contribution in [0.25, 0.3) is 5.57 Å². The van der Waals surface area contributed by atoms with Crippen molar-refractivity contribution < 1.29 is 36.7 Å². The number of carbonyl (C=O) groups is 3. The largest absolute Gasteiger partial charge is 0.477 e. The minimum atomic E-state index is -4.10. The van der Waals surface area contributed by atoms with Gasteiger partial charge in [0.1, 0.15) is 4.21 Å². The molecule has 42 heavy (non-hydrogen) atoms. The first-order valence-corrected chi connectivity index (χ1v) is 15.7. The third kappa shape index (κ3) is 7.79. The Morgan fingerprint density at radius 3 is 2.26 bits per heavy atom. The first-order valence-electron chi connectivity index (χ1n) is 13.0. The van der Waals surface area contributed by atoms with Gasteiger partial charge in [-0.2, -0.15) is 8.78 Å². The number of hydrogen-bond donors (Lipinski definition) is 3. The van der Waals surface area contributed by atoms with Crippen LogP contribution in [0.1, 0.15) is 47.2 Å². The minimum absolute atomic E-state index is 0.0351. The van der Waals surface area contributed by atoms with E-state index in [9.17, 15) is 31.6 Å². The molecule has 0 spiro atoms. The fourth-order valence-corrected chi connectivity index (χ4v) is 6.13. The van der Waals surface area contributed by atoms with Gasteiger partial charge < -0.3 is 10.4 Å². The van der Waals surface area contributed by atoms with E-state index in [2.05, 4.69) is 11.4 Å². The highest BCUT2D eigenvalue weighted by molar-refractivity contribution is 7.92. The Labute approximate surface area is 245 Å². The number of sulfone groups is 1. The molecule has 0 bridgehead atoms. The number of halogens is 2. The molecule has 2 aromatic carbocycles. The number of thiophene rings is 1. The Morgan fingerprint density at radius 2 is 1.69 bits per heavy atom. The fraction of sp³-hybridized carbons (Fsp3) is 0.276. The van der Waals surface area contributed by atoms with E-state index < -0.39 is 40.2 Å². The van der Waals surface area contributed by atoms with Crippen molar-refractivity contribution in [1.82, 2.24) is 5.32 Å². The maximum Gasteiger partial charge on any atom is 0.376 e. The molecular formula is C29H29F2N3O6S2. The van der Waals surface area contributed by atoms with Crippen LogP contribution in [-0.4, -0.2) is 50.2 Å². The molecule has 0 atom stereocenters. The van der Waals surface area contributed by atoms with Gasteiger partial charge in [-0.15, -0.1) is 11.3 Å². The molecule has 0 unspecified atom stereocenters. The third-order valence-electron chi connectivity index (χ3n) is 6.60. The predicted molar refractivity (Wildman–Crippen MR) is 157 cm³/mol. The molecule has 0 radical (unpaired) electrons. The lowest BCUT2D eigenvalue weighted by molar-refractivity contribution is -0.163. The van der Waals surface area contributed by atoms with Crippen molar-refractivity contribution in [2.24, 2.45) is 0 Å². The minimum Gasteiger partial charge on any atom is -0.477 e. The first-order chi connectivity index (χ1) is 19.8. The van der Waals surface area contributed by atoms with E-state index >= 15 is 0 Å². The summed E-state index contributed by atoms with van der Waals surface area (Å²) in [5, 5.41) is 13.5. The summed E-state index contributed by atoms with van der Waals surface area (Å²) in [5.41, 5.74) is 3.54. The van der Waals surface area contributed by atoms with E-state index in [1.54, 1.807) is 12.1 Å². The lowest BCUT2D eigenvalue weighted by atomic mass is 9.93. The maximum absolute atomic E-state index is 13.4. The van der Waals surface area contributed by atoms with E-state index in [0.717, 1.165) is 48.8 Å².